The lowest BCUT2D eigenvalue weighted by molar-refractivity contribution is 0.341. The van der Waals surface area contributed by atoms with Crippen LogP contribution in [0.1, 0.15) is 5.56 Å². The number of ether oxygens (including phenoxy) is 1. The summed E-state index contributed by atoms with van der Waals surface area (Å²) in [6.07, 6.45) is 0. The topological polar surface area (TPSA) is 55.4 Å². The molecule has 0 bridgehead atoms. The van der Waals surface area contributed by atoms with Crippen LogP contribution in [-0.4, -0.2) is 20.8 Å². The highest BCUT2D eigenvalue weighted by atomic mass is 32.2. The first-order chi connectivity index (χ1) is 9.57. The average molecular weight is 291 g/mol. The first kappa shape index (κ1) is 14.4. The summed E-state index contributed by atoms with van der Waals surface area (Å²) in [5.74, 6) is 0.578. The van der Waals surface area contributed by atoms with E-state index in [0.717, 1.165) is 5.56 Å². The Morgan fingerprint density at radius 2 is 1.65 bits per heavy atom. The highest BCUT2D eigenvalue weighted by Gasteiger charge is 2.11. The summed E-state index contributed by atoms with van der Waals surface area (Å²) in [5, 5.41) is 0. The van der Waals surface area contributed by atoms with Gasteiger partial charge in [0.25, 0.3) is 0 Å². The number of hydrogen-bond donors (Lipinski definition) is 1. The maximum atomic E-state index is 12.0. The average Bonchev–Trinajstić information content (AvgIpc) is 2.42. The van der Waals surface area contributed by atoms with Gasteiger partial charge in [0.15, 0.2) is 0 Å². The molecule has 4 nitrogen and oxygen atoms in total. The second-order valence-corrected chi connectivity index (χ2v) is 6.24. The summed E-state index contributed by atoms with van der Waals surface area (Å²) >= 11 is 0. The summed E-state index contributed by atoms with van der Waals surface area (Å²) in [6, 6.07) is 16.4. The van der Waals surface area contributed by atoms with Gasteiger partial charge in [-0.05, 0) is 30.7 Å². The molecule has 0 radical (unpaired) electrons. The molecule has 2 aromatic rings. The molecule has 0 spiro atoms. The lowest BCUT2D eigenvalue weighted by Crippen LogP contribution is -2.21. The molecular formula is C15H17NO3S. The fourth-order valence-corrected chi connectivity index (χ4v) is 2.66. The summed E-state index contributed by atoms with van der Waals surface area (Å²) in [4.78, 5) is 0. The van der Waals surface area contributed by atoms with Gasteiger partial charge < -0.3 is 4.74 Å². The monoisotopic (exact) mass is 291 g/mol. The van der Waals surface area contributed by atoms with Crippen LogP contribution < -0.4 is 9.46 Å². The van der Waals surface area contributed by atoms with Crippen LogP contribution in [0.3, 0.4) is 0 Å². The van der Waals surface area contributed by atoms with E-state index in [0.29, 0.717) is 11.4 Å². The number of anilines is 1. The molecule has 0 aromatic heterocycles. The van der Waals surface area contributed by atoms with Crippen molar-refractivity contribution < 1.29 is 13.2 Å². The lowest BCUT2D eigenvalue weighted by Gasteiger charge is -2.11. The molecular weight excluding hydrogens is 274 g/mol. The molecule has 0 fully saturated rings. The fraction of sp³-hybridized carbons (Fsp3) is 0.200. The highest BCUT2D eigenvalue weighted by Crippen LogP contribution is 2.15. The molecule has 5 heteroatoms. The Labute approximate surface area is 119 Å². The van der Waals surface area contributed by atoms with E-state index in [1.807, 2.05) is 37.3 Å². The van der Waals surface area contributed by atoms with Crippen molar-refractivity contribution >= 4 is 15.7 Å². The van der Waals surface area contributed by atoms with Crippen molar-refractivity contribution in [2.75, 3.05) is 17.1 Å². The van der Waals surface area contributed by atoms with Crippen LogP contribution in [0.4, 0.5) is 5.69 Å². The number of sulfonamides is 1. The van der Waals surface area contributed by atoms with Gasteiger partial charge in [-0.3, -0.25) is 4.72 Å². The van der Waals surface area contributed by atoms with Crippen LogP contribution in [0.2, 0.25) is 0 Å². The third-order valence-electron chi connectivity index (χ3n) is 2.77. The molecule has 1 N–H and O–H groups in total. The Balaban J connectivity index is 1.90. The first-order valence-corrected chi connectivity index (χ1v) is 7.96. The maximum Gasteiger partial charge on any atom is 0.236 e. The molecule has 2 aromatic carbocycles. The van der Waals surface area contributed by atoms with E-state index in [9.17, 15) is 8.42 Å². The van der Waals surface area contributed by atoms with Crippen LogP contribution in [-0.2, 0) is 10.0 Å². The van der Waals surface area contributed by atoms with E-state index in [1.165, 1.54) is 0 Å². The molecule has 2 rings (SSSR count). The number of para-hydroxylation sites is 2. The number of nitrogens with one attached hydrogen (secondary N) is 1. The number of benzene rings is 2. The number of rotatable bonds is 6. The predicted molar refractivity (Wildman–Crippen MR) is 80.5 cm³/mol. The zero-order valence-corrected chi connectivity index (χ0v) is 12.1. The van der Waals surface area contributed by atoms with E-state index in [4.69, 9.17) is 4.74 Å². The smallest absolute Gasteiger partial charge is 0.236 e. The van der Waals surface area contributed by atoms with E-state index < -0.39 is 10.0 Å². The highest BCUT2D eigenvalue weighted by molar-refractivity contribution is 7.92. The normalized spacial score (nSPS) is 11.1. The van der Waals surface area contributed by atoms with Crippen molar-refractivity contribution in [3.05, 3.63) is 60.2 Å². The van der Waals surface area contributed by atoms with Gasteiger partial charge in [0.1, 0.15) is 18.1 Å². The third kappa shape index (κ3) is 4.28. The van der Waals surface area contributed by atoms with Crippen LogP contribution >= 0.6 is 0 Å². The molecule has 0 atom stereocenters. The largest absolute Gasteiger partial charge is 0.492 e. The summed E-state index contributed by atoms with van der Waals surface area (Å²) < 4.78 is 31.9. The molecule has 0 unspecified atom stereocenters. The van der Waals surface area contributed by atoms with E-state index in [-0.39, 0.29) is 12.4 Å². The van der Waals surface area contributed by atoms with E-state index >= 15 is 0 Å². The van der Waals surface area contributed by atoms with Crippen LogP contribution in [0.25, 0.3) is 0 Å². The fourth-order valence-electron chi connectivity index (χ4n) is 1.69. The molecule has 0 amide bonds. The van der Waals surface area contributed by atoms with Crippen LogP contribution in [0.15, 0.2) is 54.6 Å². The quantitative estimate of drug-likeness (QED) is 0.890. The summed E-state index contributed by atoms with van der Waals surface area (Å²) in [5.41, 5.74) is 1.49. The zero-order chi connectivity index (χ0) is 14.4. The van der Waals surface area contributed by atoms with Crippen molar-refractivity contribution in [2.45, 2.75) is 6.92 Å². The minimum absolute atomic E-state index is 0.0871. The van der Waals surface area contributed by atoms with Crippen LogP contribution in [0, 0.1) is 6.92 Å². The van der Waals surface area contributed by atoms with Crippen molar-refractivity contribution in [1.82, 2.24) is 0 Å². The SMILES string of the molecule is Cc1ccccc1NS(=O)(=O)CCOc1ccccc1. The molecule has 0 aliphatic rings. The Kier molecular flexibility index (Phi) is 4.63. The first-order valence-electron chi connectivity index (χ1n) is 6.31. The maximum absolute atomic E-state index is 12.0. The summed E-state index contributed by atoms with van der Waals surface area (Å²) in [6.45, 7) is 1.98. The molecule has 0 aliphatic heterocycles. The van der Waals surface area contributed by atoms with E-state index in [1.54, 1.807) is 24.3 Å². The Morgan fingerprint density at radius 1 is 1.00 bits per heavy atom. The molecule has 0 saturated heterocycles. The lowest BCUT2D eigenvalue weighted by atomic mass is 10.2. The molecule has 0 saturated carbocycles. The van der Waals surface area contributed by atoms with Gasteiger partial charge in [0.2, 0.25) is 10.0 Å². The Bertz CT molecular complexity index is 654. The molecule has 0 aliphatic carbocycles. The Morgan fingerprint density at radius 3 is 2.35 bits per heavy atom. The van der Waals surface area contributed by atoms with Gasteiger partial charge in [0, 0.05) is 0 Å². The van der Waals surface area contributed by atoms with Gasteiger partial charge in [-0.15, -0.1) is 0 Å². The van der Waals surface area contributed by atoms with Gasteiger partial charge in [-0.1, -0.05) is 36.4 Å². The second kappa shape index (κ2) is 6.43. The van der Waals surface area contributed by atoms with E-state index in [2.05, 4.69) is 4.72 Å². The number of aryl methyl sites for hydroxylation is 1. The van der Waals surface area contributed by atoms with Crippen molar-refractivity contribution in [2.24, 2.45) is 0 Å². The summed E-state index contributed by atoms with van der Waals surface area (Å²) in [7, 11) is -3.40. The van der Waals surface area contributed by atoms with Crippen LogP contribution in [0.5, 0.6) is 5.75 Å². The van der Waals surface area contributed by atoms with Gasteiger partial charge in [-0.25, -0.2) is 8.42 Å². The zero-order valence-electron chi connectivity index (χ0n) is 11.2. The number of hydrogen-bond acceptors (Lipinski definition) is 3. The third-order valence-corrected chi connectivity index (χ3v) is 4.01. The van der Waals surface area contributed by atoms with Gasteiger partial charge in [-0.2, -0.15) is 0 Å². The molecule has 20 heavy (non-hydrogen) atoms. The molecule has 106 valence electrons. The van der Waals surface area contributed by atoms with Gasteiger partial charge in [0.05, 0.1) is 5.69 Å². The minimum Gasteiger partial charge on any atom is -0.492 e. The van der Waals surface area contributed by atoms with Gasteiger partial charge >= 0.3 is 0 Å². The predicted octanol–water partition coefficient (Wildman–Crippen LogP) is 2.82. The van der Waals surface area contributed by atoms with Crippen molar-refractivity contribution in [3.63, 3.8) is 0 Å². The second-order valence-electron chi connectivity index (χ2n) is 4.40. The van der Waals surface area contributed by atoms with Crippen molar-refractivity contribution in [1.29, 1.82) is 0 Å². The minimum atomic E-state index is -3.40. The van der Waals surface area contributed by atoms with Crippen molar-refractivity contribution in [3.8, 4) is 5.75 Å². The standard InChI is InChI=1S/C15H17NO3S/c1-13-7-5-6-10-15(13)16-20(17,18)12-11-19-14-8-3-2-4-9-14/h2-10,16H,11-12H2,1H3. The molecule has 0 heterocycles. The Hall–Kier alpha value is -2.01.